The highest BCUT2D eigenvalue weighted by Crippen LogP contribution is 2.30. The van der Waals surface area contributed by atoms with Crippen LogP contribution in [0.5, 0.6) is 0 Å². The van der Waals surface area contributed by atoms with Crippen molar-refractivity contribution in [3.63, 3.8) is 0 Å². The molecular weight excluding hydrogens is 456 g/mol. The van der Waals surface area contributed by atoms with E-state index >= 15 is 0 Å². The number of aryl methyl sites for hydroxylation is 2. The number of nitro groups is 2. The van der Waals surface area contributed by atoms with Crippen LogP contribution in [0.3, 0.4) is 0 Å². The third kappa shape index (κ3) is 5.74. The number of hydrogen-bond donors (Lipinski definition) is 0. The van der Waals surface area contributed by atoms with Gasteiger partial charge in [0.2, 0.25) is 0 Å². The minimum absolute atomic E-state index is 0.0473. The summed E-state index contributed by atoms with van der Waals surface area (Å²) in [5.41, 5.74) is 7.40. The standard InChI is InChI=1S/C28H22N4O4/c1-19-15-23(7-13-27(19)29-17-21-3-9-25(10-4-21)31(33)34)24-8-14-28(20(2)16-24)30-18-22-5-11-26(12-6-22)32(35)36/h3-18H,1-2H3. The average molecular weight is 479 g/mol. The lowest BCUT2D eigenvalue weighted by Gasteiger charge is -2.08. The molecule has 0 amide bonds. The zero-order chi connectivity index (χ0) is 25.7. The van der Waals surface area contributed by atoms with Gasteiger partial charge in [-0.2, -0.15) is 0 Å². The molecule has 36 heavy (non-hydrogen) atoms. The molecule has 0 saturated heterocycles. The van der Waals surface area contributed by atoms with Crippen LogP contribution in [0.2, 0.25) is 0 Å². The van der Waals surface area contributed by atoms with Crippen molar-refractivity contribution in [2.45, 2.75) is 13.8 Å². The third-order valence-electron chi connectivity index (χ3n) is 5.64. The molecule has 8 heteroatoms. The zero-order valence-electron chi connectivity index (χ0n) is 19.7. The molecule has 8 nitrogen and oxygen atoms in total. The van der Waals surface area contributed by atoms with Crippen LogP contribution >= 0.6 is 0 Å². The highest BCUT2D eigenvalue weighted by molar-refractivity contribution is 5.84. The van der Waals surface area contributed by atoms with Crippen LogP contribution < -0.4 is 0 Å². The molecule has 0 atom stereocenters. The molecule has 0 aromatic heterocycles. The van der Waals surface area contributed by atoms with Crippen molar-refractivity contribution in [3.8, 4) is 11.1 Å². The van der Waals surface area contributed by atoms with Gasteiger partial charge in [-0.05, 0) is 95.8 Å². The summed E-state index contributed by atoms with van der Waals surface area (Å²) in [5.74, 6) is 0. The maximum absolute atomic E-state index is 10.8. The molecule has 0 saturated carbocycles. The van der Waals surface area contributed by atoms with Gasteiger partial charge in [0.1, 0.15) is 0 Å². The molecule has 0 aliphatic carbocycles. The van der Waals surface area contributed by atoms with Crippen molar-refractivity contribution in [3.05, 3.63) is 127 Å². The first-order valence-corrected chi connectivity index (χ1v) is 11.1. The van der Waals surface area contributed by atoms with Gasteiger partial charge in [-0.25, -0.2) is 0 Å². The van der Waals surface area contributed by atoms with Crippen LogP contribution in [0.25, 0.3) is 11.1 Å². The smallest absolute Gasteiger partial charge is 0.258 e. The molecule has 0 aliphatic heterocycles. The summed E-state index contributed by atoms with van der Waals surface area (Å²) in [4.78, 5) is 29.8. The molecule has 0 aliphatic rings. The lowest BCUT2D eigenvalue weighted by atomic mass is 10.00. The van der Waals surface area contributed by atoms with Gasteiger partial charge < -0.3 is 0 Å². The van der Waals surface area contributed by atoms with E-state index in [0.717, 1.165) is 44.8 Å². The number of nitrogens with zero attached hydrogens (tertiary/aromatic N) is 4. The van der Waals surface area contributed by atoms with Gasteiger partial charge in [0.15, 0.2) is 0 Å². The Balaban J connectivity index is 1.48. The first kappa shape index (κ1) is 24.2. The number of non-ortho nitro benzene ring substituents is 2. The summed E-state index contributed by atoms with van der Waals surface area (Å²) in [6.07, 6.45) is 3.38. The molecule has 178 valence electrons. The van der Waals surface area contributed by atoms with Crippen LogP contribution in [0.15, 0.2) is 94.9 Å². The SMILES string of the molecule is Cc1cc(-c2ccc(N=Cc3ccc([N+](=O)[O-])cc3)c(C)c2)ccc1N=Cc1ccc([N+](=O)[O-])cc1. The van der Waals surface area contributed by atoms with Gasteiger partial charge in [0, 0.05) is 36.7 Å². The van der Waals surface area contributed by atoms with Crippen LogP contribution in [-0.2, 0) is 0 Å². The average Bonchev–Trinajstić information content (AvgIpc) is 2.87. The van der Waals surface area contributed by atoms with Crippen molar-refractivity contribution in [1.29, 1.82) is 0 Å². The van der Waals surface area contributed by atoms with E-state index in [0.29, 0.717) is 0 Å². The summed E-state index contributed by atoms with van der Waals surface area (Å²) in [5, 5.41) is 21.6. The maximum atomic E-state index is 10.8. The summed E-state index contributed by atoms with van der Waals surface area (Å²) < 4.78 is 0. The quantitative estimate of drug-likeness (QED) is 0.158. The zero-order valence-corrected chi connectivity index (χ0v) is 19.7. The highest BCUT2D eigenvalue weighted by atomic mass is 16.6. The van der Waals surface area contributed by atoms with Crippen molar-refractivity contribution < 1.29 is 9.85 Å². The normalized spacial score (nSPS) is 11.3. The van der Waals surface area contributed by atoms with E-state index < -0.39 is 9.85 Å². The third-order valence-corrected chi connectivity index (χ3v) is 5.64. The van der Waals surface area contributed by atoms with Gasteiger partial charge in [-0.3, -0.25) is 30.2 Å². The Morgan fingerprint density at radius 3 is 1.25 bits per heavy atom. The van der Waals surface area contributed by atoms with E-state index in [4.69, 9.17) is 0 Å². The lowest BCUT2D eigenvalue weighted by Crippen LogP contribution is -1.88. The fourth-order valence-electron chi connectivity index (χ4n) is 3.61. The Morgan fingerprint density at radius 1 is 0.583 bits per heavy atom. The molecule has 0 spiro atoms. The number of rotatable bonds is 7. The van der Waals surface area contributed by atoms with Crippen LogP contribution in [0.1, 0.15) is 22.3 Å². The fourth-order valence-corrected chi connectivity index (χ4v) is 3.61. The van der Waals surface area contributed by atoms with Crippen molar-refractivity contribution in [2.24, 2.45) is 9.98 Å². The van der Waals surface area contributed by atoms with E-state index in [1.54, 1.807) is 36.7 Å². The second kappa shape index (κ2) is 10.5. The second-order valence-electron chi connectivity index (χ2n) is 8.22. The van der Waals surface area contributed by atoms with Crippen LogP contribution in [-0.4, -0.2) is 22.3 Å². The van der Waals surface area contributed by atoms with Gasteiger partial charge >= 0.3 is 0 Å². The molecular formula is C28H22N4O4. The Labute approximate surface area is 207 Å². The van der Waals surface area contributed by atoms with Crippen molar-refractivity contribution in [2.75, 3.05) is 0 Å². The van der Waals surface area contributed by atoms with E-state index in [2.05, 4.69) is 22.1 Å². The first-order chi connectivity index (χ1) is 17.3. The lowest BCUT2D eigenvalue weighted by molar-refractivity contribution is -0.385. The van der Waals surface area contributed by atoms with Crippen molar-refractivity contribution in [1.82, 2.24) is 0 Å². The van der Waals surface area contributed by atoms with Crippen molar-refractivity contribution >= 4 is 35.2 Å². The Morgan fingerprint density at radius 2 is 0.944 bits per heavy atom. The second-order valence-corrected chi connectivity index (χ2v) is 8.22. The van der Waals surface area contributed by atoms with E-state index in [1.807, 2.05) is 38.1 Å². The van der Waals surface area contributed by atoms with E-state index in [1.165, 1.54) is 24.3 Å². The predicted molar refractivity (Wildman–Crippen MR) is 142 cm³/mol. The first-order valence-electron chi connectivity index (χ1n) is 11.1. The van der Waals surface area contributed by atoms with Crippen LogP contribution in [0, 0.1) is 34.1 Å². The Hall–Kier alpha value is -4.98. The Bertz CT molecular complexity index is 1380. The number of aliphatic imine (C=N–C) groups is 2. The van der Waals surface area contributed by atoms with E-state index in [9.17, 15) is 20.2 Å². The van der Waals surface area contributed by atoms with Crippen LogP contribution in [0.4, 0.5) is 22.7 Å². The molecule has 0 heterocycles. The molecule has 0 unspecified atom stereocenters. The largest absolute Gasteiger partial charge is 0.269 e. The Kier molecular flexibility index (Phi) is 7.06. The summed E-state index contributed by atoms with van der Waals surface area (Å²) in [7, 11) is 0. The molecule has 0 N–H and O–H groups in total. The minimum atomic E-state index is -0.427. The number of benzene rings is 4. The van der Waals surface area contributed by atoms with Gasteiger partial charge in [0.05, 0.1) is 21.2 Å². The monoisotopic (exact) mass is 478 g/mol. The maximum Gasteiger partial charge on any atom is 0.269 e. The summed E-state index contributed by atoms with van der Waals surface area (Å²) in [6.45, 7) is 3.98. The highest BCUT2D eigenvalue weighted by Gasteiger charge is 2.06. The van der Waals surface area contributed by atoms with Gasteiger partial charge in [-0.15, -0.1) is 0 Å². The molecule has 0 radical (unpaired) electrons. The number of hydrogen-bond acceptors (Lipinski definition) is 6. The topological polar surface area (TPSA) is 111 Å². The molecule has 4 rings (SSSR count). The molecule has 4 aromatic carbocycles. The molecule has 0 fully saturated rings. The molecule has 0 bridgehead atoms. The van der Waals surface area contributed by atoms with Gasteiger partial charge in [-0.1, -0.05) is 12.1 Å². The van der Waals surface area contributed by atoms with Gasteiger partial charge in [0.25, 0.3) is 11.4 Å². The predicted octanol–water partition coefficient (Wildman–Crippen LogP) is 7.29. The minimum Gasteiger partial charge on any atom is -0.258 e. The fraction of sp³-hybridized carbons (Fsp3) is 0.0714. The number of nitro benzene ring substituents is 2. The van der Waals surface area contributed by atoms with E-state index in [-0.39, 0.29) is 11.4 Å². The molecule has 4 aromatic rings. The summed E-state index contributed by atoms with van der Waals surface area (Å²) >= 11 is 0. The summed E-state index contributed by atoms with van der Waals surface area (Å²) in [6, 6.07) is 24.5.